The zero-order valence-corrected chi connectivity index (χ0v) is 13.8. The number of anilines is 1. The Balaban J connectivity index is 2.02. The maximum atomic E-state index is 13.2. The van der Waals surface area contributed by atoms with E-state index in [9.17, 15) is 13.2 Å². The van der Waals surface area contributed by atoms with Gasteiger partial charge in [0.25, 0.3) is 0 Å². The molecule has 0 aliphatic carbocycles. The molecule has 0 radical (unpaired) electrons. The number of nitrogens with zero attached hydrogens (tertiary/aromatic N) is 3. The SMILES string of the molecule is C[NH+]1CCN(c2nc(-c3ccc(Cl)cc3)cc(C(F)(F)F)n2)CC1. The molecule has 1 aliphatic heterocycles. The molecule has 0 amide bonds. The number of rotatable bonds is 2. The Morgan fingerprint density at radius 2 is 1.71 bits per heavy atom. The first-order valence-corrected chi connectivity index (χ1v) is 7.99. The normalized spacial score (nSPS) is 16.5. The van der Waals surface area contributed by atoms with Crippen LogP contribution in [0.5, 0.6) is 0 Å². The molecule has 0 spiro atoms. The summed E-state index contributed by atoms with van der Waals surface area (Å²) in [5, 5.41) is 0.520. The number of aromatic nitrogens is 2. The molecule has 2 heterocycles. The standard InChI is InChI=1S/C16H16ClF3N4/c1-23-6-8-24(9-7-23)15-21-13(10-14(22-15)16(18,19)20)11-2-4-12(17)5-3-11/h2-5,10H,6-9H2,1H3/p+1. The van der Waals surface area contributed by atoms with Crippen LogP contribution in [0.2, 0.25) is 5.02 Å². The summed E-state index contributed by atoms with van der Waals surface area (Å²) < 4.78 is 39.7. The van der Waals surface area contributed by atoms with Crippen molar-refractivity contribution in [2.75, 3.05) is 38.1 Å². The first-order valence-electron chi connectivity index (χ1n) is 7.61. The minimum absolute atomic E-state index is 0.127. The summed E-state index contributed by atoms with van der Waals surface area (Å²) in [5.74, 6) is 0.127. The Morgan fingerprint density at radius 3 is 2.29 bits per heavy atom. The highest BCUT2D eigenvalue weighted by molar-refractivity contribution is 6.30. The molecular weight excluding hydrogens is 341 g/mol. The molecule has 1 saturated heterocycles. The number of halogens is 4. The van der Waals surface area contributed by atoms with Gasteiger partial charge in [-0.2, -0.15) is 13.2 Å². The van der Waals surface area contributed by atoms with Crippen LogP contribution in [-0.4, -0.2) is 43.2 Å². The lowest BCUT2D eigenvalue weighted by Crippen LogP contribution is -3.12. The molecule has 0 bridgehead atoms. The number of piperazine rings is 1. The van der Waals surface area contributed by atoms with Gasteiger partial charge in [0.1, 0.15) is 0 Å². The highest BCUT2D eigenvalue weighted by atomic mass is 35.5. The molecule has 128 valence electrons. The molecule has 1 aliphatic rings. The van der Waals surface area contributed by atoms with Gasteiger partial charge in [-0.05, 0) is 18.2 Å². The van der Waals surface area contributed by atoms with Gasteiger partial charge in [0.05, 0.1) is 38.9 Å². The molecule has 8 heteroatoms. The van der Waals surface area contributed by atoms with E-state index in [4.69, 9.17) is 11.6 Å². The van der Waals surface area contributed by atoms with Crippen molar-refractivity contribution >= 4 is 17.5 Å². The van der Waals surface area contributed by atoms with Crippen LogP contribution >= 0.6 is 11.6 Å². The van der Waals surface area contributed by atoms with Gasteiger partial charge >= 0.3 is 6.18 Å². The van der Waals surface area contributed by atoms with Crippen LogP contribution in [-0.2, 0) is 6.18 Å². The van der Waals surface area contributed by atoms with Gasteiger partial charge in [-0.1, -0.05) is 23.7 Å². The van der Waals surface area contributed by atoms with Gasteiger partial charge in [0.15, 0.2) is 5.69 Å². The molecule has 0 atom stereocenters. The van der Waals surface area contributed by atoms with Crippen LogP contribution in [0, 0.1) is 0 Å². The quantitative estimate of drug-likeness (QED) is 0.894. The van der Waals surface area contributed by atoms with Gasteiger partial charge in [0.2, 0.25) is 5.95 Å². The molecule has 0 unspecified atom stereocenters. The number of nitrogens with one attached hydrogen (secondary N) is 1. The number of quaternary nitrogens is 1. The fourth-order valence-corrected chi connectivity index (χ4v) is 2.70. The number of alkyl halides is 3. The Hall–Kier alpha value is -1.86. The largest absolute Gasteiger partial charge is 0.433 e. The van der Waals surface area contributed by atoms with Crippen LogP contribution in [0.3, 0.4) is 0 Å². The minimum atomic E-state index is -4.52. The number of hydrogen-bond acceptors (Lipinski definition) is 3. The van der Waals surface area contributed by atoms with Gasteiger partial charge in [-0.3, -0.25) is 0 Å². The second-order valence-corrected chi connectivity index (χ2v) is 6.32. The van der Waals surface area contributed by atoms with Gasteiger partial charge in [-0.25, -0.2) is 9.97 Å². The van der Waals surface area contributed by atoms with Crippen molar-refractivity contribution in [2.45, 2.75) is 6.18 Å². The molecule has 1 aromatic carbocycles. The molecule has 4 nitrogen and oxygen atoms in total. The predicted octanol–water partition coefficient (Wildman–Crippen LogP) is 2.15. The number of hydrogen-bond donors (Lipinski definition) is 1. The molecule has 0 saturated carbocycles. The lowest BCUT2D eigenvalue weighted by molar-refractivity contribution is -0.880. The topological polar surface area (TPSA) is 33.5 Å². The van der Waals surface area contributed by atoms with Crippen molar-refractivity contribution in [3.05, 3.63) is 41.0 Å². The predicted molar refractivity (Wildman–Crippen MR) is 86.3 cm³/mol. The minimum Gasteiger partial charge on any atom is -0.334 e. The van der Waals surface area contributed by atoms with Crippen molar-refractivity contribution in [1.29, 1.82) is 0 Å². The fraction of sp³-hybridized carbons (Fsp3) is 0.375. The Morgan fingerprint density at radius 1 is 1.08 bits per heavy atom. The van der Waals surface area contributed by atoms with Gasteiger partial charge in [0, 0.05) is 10.6 Å². The van der Waals surface area contributed by atoms with Crippen LogP contribution in [0.25, 0.3) is 11.3 Å². The van der Waals surface area contributed by atoms with Crippen molar-refractivity contribution < 1.29 is 18.1 Å². The molecule has 1 N–H and O–H groups in total. The van der Waals surface area contributed by atoms with Crippen molar-refractivity contribution in [3.63, 3.8) is 0 Å². The summed E-state index contributed by atoms with van der Waals surface area (Å²) in [4.78, 5) is 11.3. The Kier molecular flexibility index (Phi) is 4.64. The van der Waals surface area contributed by atoms with E-state index in [2.05, 4.69) is 17.0 Å². The Labute approximate surface area is 142 Å². The third kappa shape index (κ3) is 3.79. The average Bonchev–Trinajstić information content (AvgIpc) is 2.55. The van der Waals surface area contributed by atoms with E-state index >= 15 is 0 Å². The fourth-order valence-electron chi connectivity index (χ4n) is 2.58. The van der Waals surface area contributed by atoms with Crippen LogP contribution in [0.15, 0.2) is 30.3 Å². The van der Waals surface area contributed by atoms with Crippen LogP contribution < -0.4 is 9.80 Å². The van der Waals surface area contributed by atoms with Crippen LogP contribution in [0.1, 0.15) is 5.69 Å². The van der Waals surface area contributed by atoms with Crippen molar-refractivity contribution in [3.8, 4) is 11.3 Å². The summed E-state index contributed by atoms with van der Waals surface area (Å²) in [6.07, 6.45) is -4.52. The van der Waals surface area contributed by atoms with Crippen molar-refractivity contribution in [1.82, 2.24) is 9.97 Å². The van der Waals surface area contributed by atoms with Crippen molar-refractivity contribution in [2.24, 2.45) is 0 Å². The maximum Gasteiger partial charge on any atom is 0.433 e. The third-order valence-electron chi connectivity index (χ3n) is 4.04. The summed E-state index contributed by atoms with van der Waals surface area (Å²) in [5.41, 5.74) is -0.104. The smallest absolute Gasteiger partial charge is 0.334 e. The van der Waals surface area contributed by atoms with Gasteiger partial charge < -0.3 is 9.80 Å². The first-order chi connectivity index (χ1) is 11.3. The second kappa shape index (κ2) is 6.57. The molecule has 1 aromatic heterocycles. The summed E-state index contributed by atoms with van der Waals surface area (Å²) in [6, 6.07) is 7.55. The second-order valence-electron chi connectivity index (χ2n) is 5.89. The lowest BCUT2D eigenvalue weighted by Gasteiger charge is -2.30. The van der Waals surface area contributed by atoms with E-state index < -0.39 is 11.9 Å². The summed E-state index contributed by atoms with van der Waals surface area (Å²) >= 11 is 5.85. The van der Waals surface area contributed by atoms with E-state index in [-0.39, 0.29) is 11.6 Å². The lowest BCUT2D eigenvalue weighted by atomic mass is 10.1. The monoisotopic (exact) mass is 357 g/mol. The molecule has 2 aromatic rings. The van der Waals surface area contributed by atoms with E-state index in [1.54, 1.807) is 24.3 Å². The molecular formula is C16H17ClF3N4+. The third-order valence-corrected chi connectivity index (χ3v) is 4.30. The van der Waals surface area contributed by atoms with Gasteiger partial charge in [-0.15, -0.1) is 0 Å². The number of likely N-dealkylation sites (N-methyl/N-ethyl adjacent to an activating group) is 1. The van der Waals surface area contributed by atoms with E-state index in [0.717, 1.165) is 19.2 Å². The maximum absolute atomic E-state index is 13.2. The van der Waals surface area contributed by atoms with Crippen LogP contribution in [0.4, 0.5) is 19.1 Å². The molecule has 1 fully saturated rings. The number of benzene rings is 1. The highest BCUT2D eigenvalue weighted by Gasteiger charge is 2.34. The zero-order chi connectivity index (χ0) is 17.3. The first kappa shape index (κ1) is 17.0. The van der Waals surface area contributed by atoms with E-state index in [0.29, 0.717) is 23.7 Å². The summed E-state index contributed by atoms with van der Waals surface area (Å²) in [6.45, 7) is 2.95. The van der Waals surface area contributed by atoms with E-state index in [1.807, 2.05) is 4.90 Å². The Bertz CT molecular complexity index is 710. The molecule has 24 heavy (non-hydrogen) atoms. The molecule has 3 rings (SSSR count). The summed E-state index contributed by atoms with van der Waals surface area (Å²) in [7, 11) is 2.06. The zero-order valence-electron chi connectivity index (χ0n) is 13.1. The highest BCUT2D eigenvalue weighted by Crippen LogP contribution is 2.32. The van der Waals surface area contributed by atoms with E-state index in [1.165, 1.54) is 4.90 Å². The average molecular weight is 358 g/mol.